The lowest BCUT2D eigenvalue weighted by molar-refractivity contribution is 0.475. The number of aromatic hydroxyl groups is 1. The summed E-state index contributed by atoms with van der Waals surface area (Å²) in [6, 6.07) is 6.50. The Balaban J connectivity index is 2.36. The molecule has 0 saturated carbocycles. The summed E-state index contributed by atoms with van der Waals surface area (Å²) < 4.78 is 1.67. The highest BCUT2D eigenvalue weighted by atomic mass is 79.9. The SMILES string of the molecule is O=c1[nH]c(=O)n(Cc2ccc(O)cc2)cc1Br. The van der Waals surface area contributed by atoms with E-state index in [1.165, 1.54) is 10.8 Å². The molecule has 0 aliphatic carbocycles. The monoisotopic (exact) mass is 296 g/mol. The molecule has 0 bridgehead atoms. The quantitative estimate of drug-likeness (QED) is 0.870. The van der Waals surface area contributed by atoms with E-state index < -0.39 is 11.2 Å². The van der Waals surface area contributed by atoms with Gasteiger partial charge in [-0.05, 0) is 33.6 Å². The summed E-state index contributed by atoms with van der Waals surface area (Å²) in [5.74, 6) is 0.170. The van der Waals surface area contributed by atoms with Crippen LogP contribution < -0.4 is 11.2 Å². The van der Waals surface area contributed by atoms with Crippen LogP contribution in [0.5, 0.6) is 5.75 Å². The van der Waals surface area contributed by atoms with Crippen LogP contribution in [0, 0.1) is 0 Å². The highest BCUT2D eigenvalue weighted by Crippen LogP contribution is 2.10. The van der Waals surface area contributed by atoms with Crippen LogP contribution in [0.1, 0.15) is 5.56 Å². The van der Waals surface area contributed by atoms with E-state index >= 15 is 0 Å². The number of phenols is 1. The van der Waals surface area contributed by atoms with E-state index in [4.69, 9.17) is 5.11 Å². The predicted molar refractivity (Wildman–Crippen MR) is 66.2 cm³/mol. The van der Waals surface area contributed by atoms with Crippen LogP contribution >= 0.6 is 15.9 Å². The first-order valence-electron chi connectivity index (χ1n) is 4.83. The van der Waals surface area contributed by atoms with Crippen molar-refractivity contribution in [3.05, 3.63) is 61.3 Å². The number of H-pyrrole nitrogens is 1. The van der Waals surface area contributed by atoms with Crippen molar-refractivity contribution in [2.45, 2.75) is 6.54 Å². The topological polar surface area (TPSA) is 75.1 Å². The third kappa shape index (κ3) is 2.65. The molecule has 0 unspecified atom stereocenters. The number of phenolic OH excluding ortho intramolecular Hbond substituents is 1. The third-order valence-electron chi connectivity index (χ3n) is 2.26. The van der Waals surface area contributed by atoms with Gasteiger partial charge in [-0.15, -0.1) is 0 Å². The van der Waals surface area contributed by atoms with E-state index in [0.717, 1.165) is 5.56 Å². The van der Waals surface area contributed by atoms with E-state index in [9.17, 15) is 9.59 Å². The van der Waals surface area contributed by atoms with Gasteiger partial charge in [0.1, 0.15) is 5.75 Å². The molecule has 0 spiro atoms. The molecule has 6 heteroatoms. The van der Waals surface area contributed by atoms with Crippen LogP contribution in [0.4, 0.5) is 0 Å². The second-order valence-corrected chi connectivity index (χ2v) is 4.38. The molecule has 0 radical (unpaired) electrons. The number of nitrogens with one attached hydrogen (secondary N) is 1. The van der Waals surface area contributed by atoms with E-state index in [2.05, 4.69) is 20.9 Å². The lowest BCUT2D eigenvalue weighted by Crippen LogP contribution is -2.30. The van der Waals surface area contributed by atoms with Gasteiger partial charge in [-0.1, -0.05) is 12.1 Å². The van der Waals surface area contributed by atoms with Crippen molar-refractivity contribution in [1.82, 2.24) is 9.55 Å². The summed E-state index contributed by atoms with van der Waals surface area (Å²) in [7, 11) is 0. The number of aromatic nitrogens is 2. The smallest absolute Gasteiger partial charge is 0.328 e. The molecule has 17 heavy (non-hydrogen) atoms. The van der Waals surface area contributed by atoms with E-state index in [0.29, 0.717) is 11.0 Å². The molecular formula is C11H9BrN2O3. The Hall–Kier alpha value is -1.82. The van der Waals surface area contributed by atoms with Gasteiger partial charge in [0.15, 0.2) is 0 Å². The molecule has 0 saturated heterocycles. The largest absolute Gasteiger partial charge is 0.508 e. The minimum absolute atomic E-state index is 0.170. The van der Waals surface area contributed by atoms with Gasteiger partial charge in [0.05, 0.1) is 11.0 Å². The minimum atomic E-state index is -0.466. The van der Waals surface area contributed by atoms with Crippen LogP contribution in [0.25, 0.3) is 0 Å². The van der Waals surface area contributed by atoms with Crippen molar-refractivity contribution in [2.24, 2.45) is 0 Å². The number of hydrogen-bond acceptors (Lipinski definition) is 3. The maximum Gasteiger partial charge on any atom is 0.328 e. The molecule has 0 fully saturated rings. The fourth-order valence-electron chi connectivity index (χ4n) is 1.40. The van der Waals surface area contributed by atoms with Crippen molar-refractivity contribution >= 4 is 15.9 Å². The molecule has 1 heterocycles. The molecular weight excluding hydrogens is 288 g/mol. The Morgan fingerprint density at radius 3 is 2.53 bits per heavy atom. The first kappa shape index (κ1) is 11.7. The lowest BCUT2D eigenvalue weighted by Gasteiger charge is -2.05. The van der Waals surface area contributed by atoms with Crippen LogP contribution in [-0.4, -0.2) is 14.7 Å². The standard InChI is InChI=1S/C11H9BrN2O3/c12-9-6-14(11(17)13-10(9)16)5-7-1-3-8(15)4-2-7/h1-4,6,15H,5H2,(H,13,16,17). The van der Waals surface area contributed by atoms with Gasteiger partial charge in [-0.2, -0.15) is 0 Å². The zero-order valence-electron chi connectivity index (χ0n) is 8.68. The first-order chi connectivity index (χ1) is 8.06. The van der Waals surface area contributed by atoms with E-state index in [1.807, 2.05) is 0 Å². The van der Waals surface area contributed by atoms with Gasteiger partial charge in [0.2, 0.25) is 0 Å². The average molecular weight is 297 g/mol. The van der Waals surface area contributed by atoms with Gasteiger partial charge < -0.3 is 5.11 Å². The number of aromatic amines is 1. The third-order valence-corrected chi connectivity index (χ3v) is 2.82. The van der Waals surface area contributed by atoms with E-state index in [1.54, 1.807) is 24.3 Å². The summed E-state index contributed by atoms with van der Waals surface area (Å²) >= 11 is 3.06. The predicted octanol–water partition coefficient (Wildman–Crippen LogP) is 1.05. The second kappa shape index (κ2) is 4.58. The fourth-order valence-corrected chi connectivity index (χ4v) is 1.74. The molecule has 0 aliphatic rings. The molecule has 88 valence electrons. The zero-order valence-corrected chi connectivity index (χ0v) is 10.3. The minimum Gasteiger partial charge on any atom is -0.508 e. The highest BCUT2D eigenvalue weighted by Gasteiger charge is 2.02. The zero-order chi connectivity index (χ0) is 12.4. The first-order valence-corrected chi connectivity index (χ1v) is 5.63. The Morgan fingerprint density at radius 1 is 1.24 bits per heavy atom. The van der Waals surface area contributed by atoms with Crippen LogP contribution in [-0.2, 0) is 6.54 Å². The van der Waals surface area contributed by atoms with E-state index in [-0.39, 0.29) is 5.75 Å². The van der Waals surface area contributed by atoms with Crippen molar-refractivity contribution in [2.75, 3.05) is 0 Å². The number of halogens is 1. The Morgan fingerprint density at radius 2 is 1.88 bits per heavy atom. The summed E-state index contributed by atoms with van der Waals surface area (Å²) in [5, 5.41) is 9.13. The Kier molecular flexibility index (Phi) is 3.14. The van der Waals surface area contributed by atoms with Gasteiger partial charge >= 0.3 is 5.69 Å². The fraction of sp³-hybridized carbons (Fsp3) is 0.0909. The number of benzene rings is 1. The van der Waals surface area contributed by atoms with Gasteiger partial charge in [0.25, 0.3) is 5.56 Å². The van der Waals surface area contributed by atoms with Crippen LogP contribution in [0.3, 0.4) is 0 Å². The lowest BCUT2D eigenvalue weighted by atomic mass is 10.2. The van der Waals surface area contributed by atoms with Crippen molar-refractivity contribution in [3.63, 3.8) is 0 Å². The normalized spacial score (nSPS) is 10.4. The van der Waals surface area contributed by atoms with Crippen LogP contribution in [0.15, 0.2) is 44.5 Å². The van der Waals surface area contributed by atoms with Crippen molar-refractivity contribution in [1.29, 1.82) is 0 Å². The number of rotatable bonds is 2. The summed E-state index contributed by atoms with van der Waals surface area (Å²) in [6.45, 7) is 0.328. The molecule has 0 atom stereocenters. The summed E-state index contributed by atoms with van der Waals surface area (Å²) in [4.78, 5) is 24.8. The molecule has 5 nitrogen and oxygen atoms in total. The van der Waals surface area contributed by atoms with Gasteiger partial charge in [-0.25, -0.2) is 4.79 Å². The summed E-state index contributed by atoms with van der Waals surface area (Å²) in [5.41, 5.74) is -0.0629. The maximum atomic E-state index is 11.5. The molecule has 2 aromatic rings. The molecule has 1 aromatic heterocycles. The Labute approximate surface area is 104 Å². The molecule has 2 N–H and O–H groups in total. The highest BCUT2D eigenvalue weighted by molar-refractivity contribution is 9.10. The maximum absolute atomic E-state index is 11.5. The van der Waals surface area contributed by atoms with Gasteiger partial charge in [0, 0.05) is 6.20 Å². The Bertz CT molecular complexity index is 643. The molecule has 0 aliphatic heterocycles. The molecule has 0 amide bonds. The second-order valence-electron chi connectivity index (χ2n) is 3.53. The number of hydrogen-bond donors (Lipinski definition) is 2. The molecule has 2 rings (SSSR count). The number of nitrogens with zero attached hydrogens (tertiary/aromatic N) is 1. The molecule has 1 aromatic carbocycles. The van der Waals surface area contributed by atoms with Crippen molar-refractivity contribution < 1.29 is 5.11 Å². The average Bonchev–Trinajstić information content (AvgIpc) is 2.29. The summed E-state index contributed by atoms with van der Waals surface area (Å²) in [6.07, 6.45) is 1.44. The van der Waals surface area contributed by atoms with Crippen LogP contribution in [0.2, 0.25) is 0 Å². The van der Waals surface area contributed by atoms with Gasteiger partial charge in [-0.3, -0.25) is 14.3 Å². The van der Waals surface area contributed by atoms with Crippen molar-refractivity contribution in [3.8, 4) is 5.75 Å².